The number of aliphatic hydroxyl groups excluding tert-OH is 10. The molecule has 0 aliphatic rings. The lowest BCUT2D eigenvalue weighted by Crippen LogP contribution is -2.50. The highest BCUT2D eigenvalue weighted by atomic mass is 36.0. The molecule has 0 saturated heterocycles. The third kappa shape index (κ3) is 43.3. The summed E-state index contributed by atoms with van der Waals surface area (Å²) in [5, 5.41) is 101. The van der Waals surface area contributed by atoms with Crippen molar-refractivity contribution < 1.29 is 154 Å². The molecule has 1 amide bonds. The number of hydrogen-bond acceptors (Lipinski definition) is 18. The number of alkyl halides is 18. The van der Waals surface area contributed by atoms with Gasteiger partial charge in [0.15, 0.2) is 0 Å². The van der Waals surface area contributed by atoms with E-state index < -0.39 is 199 Å². The molecule has 0 aromatic heterocycles. The van der Waals surface area contributed by atoms with E-state index in [4.69, 9.17) is 46.4 Å². The number of unbranched alkanes of at least 4 members (excludes halogenated alkanes) is 3. The molecule has 0 radical (unpaired) electrons. The zero-order chi connectivity index (χ0) is 62.3. The summed E-state index contributed by atoms with van der Waals surface area (Å²) < 4.78 is 226. The van der Waals surface area contributed by atoms with Gasteiger partial charge in [-0.15, -0.1) is 14.7 Å². The van der Waals surface area contributed by atoms with Crippen LogP contribution in [0.3, 0.4) is 0 Å². The maximum Gasteiger partial charge on any atom is 0.467 e. The lowest BCUT2D eigenvalue weighted by molar-refractivity contribution is -0.374. The number of carboxylic acid groups (broad SMARTS) is 1. The second kappa shape index (κ2) is 40.1. The van der Waals surface area contributed by atoms with Gasteiger partial charge in [-0.3, -0.25) is 14.4 Å². The van der Waals surface area contributed by atoms with Crippen LogP contribution in [0.25, 0.3) is 0 Å². The minimum atomic E-state index is -5.60. The molecular weight excluding hydrogens is 1210 g/mol. The number of aliphatic hydroxyl groups is 10. The molecule has 466 valence electrons. The number of carbonyl (C=O) groups excluding carboxylic acids is 2. The second-order valence-electron chi connectivity index (χ2n) is 15.0. The standard InChI is InChI=1S/C14H24F6N2O6.C7H8ClF6NO.C7H9F6NO2.C7H17NO5.Cl2OS/c1-21(6-8(24)11(27)12(28)9(25)7-23)10(26)4-2-3-5-22(13(15,16)17)14(18,19)20;8-5(16)3-1-2-4-15(6(9,10)11)7(12,13)14;8-6(9,10)14(7(11,12)13)4-2-1-3-5(15)16;1-8-2-4(10)6(12)7(13)5(11)3-9;1-4(2)3/h8-9,11-12,23-25,27-28H,2-7H2,1H3;1-4H2;1-4H2,(H,15,16);4-13H,2-3H2,1H3;. The van der Waals surface area contributed by atoms with Gasteiger partial charge < -0.3 is 66.4 Å². The van der Waals surface area contributed by atoms with E-state index in [-0.39, 0.29) is 32.2 Å². The molecule has 8 unspecified atom stereocenters. The Morgan fingerprint density at radius 2 is 0.753 bits per heavy atom. The number of likely N-dealkylation sites (N-methyl/N-ethyl adjacent to an activating group) is 2. The van der Waals surface area contributed by atoms with Gasteiger partial charge in [0.05, 0.1) is 19.3 Å². The summed E-state index contributed by atoms with van der Waals surface area (Å²) in [4.78, 5) is 28.2. The maximum atomic E-state index is 12.3. The van der Waals surface area contributed by atoms with Gasteiger partial charge in [0.25, 0.3) is 0 Å². The van der Waals surface area contributed by atoms with Gasteiger partial charge in [0.2, 0.25) is 20.4 Å². The molecule has 20 nitrogen and oxygen atoms in total. The Kier molecular flexibility index (Phi) is 43.5. The average molecular weight is 1270 g/mol. The Morgan fingerprint density at radius 1 is 0.494 bits per heavy atom. The Labute approximate surface area is 441 Å². The largest absolute Gasteiger partial charge is 0.481 e. The van der Waals surface area contributed by atoms with Gasteiger partial charge in [0.1, 0.15) is 42.7 Å². The van der Waals surface area contributed by atoms with Crippen LogP contribution in [-0.2, 0) is 23.6 Å². The predicted octanol–water partition coefficient (Wildman–Crippen LogP) is 2.92. The lowest BCUT2D eigenvalue weighted by atomic mass is 10.0. The number of carbonyl (C=O) groups is 3. The highest BCUT2D eigenvalue weighted by Gasteiger charge is 2.55. The summed E-state index contributed by atoms with van der Waals surface area (Å²) in [6.07, 6.45) is -49.3. The Hall–Kier alpha value is -2.19. The monoisotopic (exact) mass is 1270 g/mol. The van der Waals surface area contributed by atoms with Gasteiger partial charge in [-0.2, -0.15) is 79.0 Å². The molecule has 8 atom stereocenters. The Morgan fingerprint density at radius 3 is 1.00 bits per heavy atom. The van der Waals surface area contributed by atoms with E-state index >= 15 is 0 Å². The van der Waals surface area contributed by atoms with Crippen LogP contribution in [-0.4, -0.2) is 244 Å². The van der Waals surface area contributed by atoms with Crippen LogP contribution in [0, 0.1) is 0 Å². The number of hydrogen-bond donors (Lipinski definition) is 12. The molecule has 0 aromatic rings. The van der Waals surface area contributed by atoms with Crippen LogP contribution in [0.1, 0.15) is 57.8 Å². The second-order valence-corrected chi connectivity index (χ2v) is 17.9. The summed E-state index contributed by atoms with van der Waals surface area (Å²) in [5.41, 5.74) is 0. The first-order chi connectivity index (χ1) is 34.5. The molecule has 0 fully saturated rings. The SMILES string of the molecule is CN(CC(O)C(O)C(O)C(O)CO)C(=O)CCCCN(C(F)(F)F)C(F)(F)F.CNCC(O)C(O)C(O)C(O)CO.O=C(Cl)CCCCN(C(F)(F)F)C(F)(F)F.O=C(O)CCCCN(C(F)(F)F)C(F)(F)F.O=S(Cl)Cl. The van der Waals surface area contributed by atoms with Gasteiger partial charge >= 0.3 is 43.8 Å². The van der Waals surface area contributed by atoms with E-state index in [1.165, 1.54) is 0 Å². The highest BCUT2D eigenvalue weighted by molar-refractivity contribution is 8.26. The first-order valence-electron chi connectivity index (χ1n) is 20.9. The Balaban J connectivity index is -0.000000305. The number of halogens is 21. The van der Waals surface area contributed by atoms with Crippen molar-refractivity contribution >= 4 is 59.3 Å². The van der Waals surface area contributed by atoms with Crippen molar-refractivity contribution in [1.82, 2.24) is 24.9 Å². The molecule has 0 aliphatic heterocycles. The number of aliphatic carboxylic acids is 1. The summed E-state index contributed by atoms with van der Waals surface area (Å²) in [6, 6.07) is 0. The molecule has 0 spiro atoms. The fraction of sp³-hybridized carbons (Fsp3) is 0.914. The van der Waals surface area contributed by atoms with E-state index in [1.807, 2.05) is 0 Å². The molecule has 12 N–H and O–H groups in total. The van der Waals surface area contributed by atoms with Crippen LogP contribution in [0.5, 0.6) is 0 Å². The topological polar surface area (TPSA) is 316 Å². The lowest BCUT2D eigenvalue weighted by Gasteiger charge is -2.29. The summed E-state index contributed by atoms with van der Waals surface area (Å²) in [7, 11) is 10.1. The van der Waals surface area contributed by atoms with E-state index in [9.17, 15) is 119 Å². The smallest absolute Gasteiger partial charge is 0.467 e. The summed E-state index contributed by atoms with van der Waals surface area (Å²) in [6.45, 7) is -5.91. The van der Waals surface area contributed by atoms with E-state index in [0.717, 1.165) is 11.9 Å². The normalized spacial score (nSPS) is 15.8. The number of carboxylic acids is 1. The molecule has 0 aromatic carbocycles. The maximum absolute atomic E-state index is 12.3. The first-order valence-corrected chi connectivity index (χ1v) is 24.1. The molecular formula is C35H58Cl3F18N5O15S. The van der Waals surface area contributed by atoms with Gasteiger partial charge in [0, 0.05) is 80.4 Å². The minimum Gasteiger partial charge on any atom is -0.481 e. The number of nitrogens with zero attached hydrogens (tertiary/aromatic N) is 4. The van der Waals surface area contributed by atoms with Crippen LogP contribution < -0.4 is 5.32 Å². The fourth-order valence-corrected chi connectivity index (χ4v) is 5.09. The molecule has 0 bridgehead atoms. The third-order valence-electron chi connectivity index (χ3n) is 8.84. The molecule has 0 saturated carbocycles. The van der Waals surface area contributed by atoms with E-state index in [2.05, 4.69) is 26.7 Å². The van der Waals surface area contributed by atoms with Gasteiger partial charge in [-0.05, 0) is 57.2 Å². The fourth-order valence-electron chi connectivity index (χ4n) is 4.96. The summed E-state index contributed by atoms with van der Waals surface area (Å²) >= 11 is 4.88. The van der Waals surface area contributed by atoms with Crippen molar-refractivity contribution in [1.29, 1.82) is 0 Å². The number of nitrogens with one attached hydrogen (secondary N) is 1. The van der Waals surface area contributed by atoms with Crippen molar-refractivity contribution in [3.8, 4) is 0 Å². The predicted molar refractivity (Wildman–Crippen MR) is 230 cm³/mol. The van der Waals surface area contributed by atoms with Crippen molar-refractivity contribution in [3.05, 3.63) is 0 Å². The van der Waals surface area contributed by atoms with Crippen LogP contribution in [0.4, 0.5) is 79.0 Å². The van der Waals surface area contributed by atoms with Gasteiger partial charge in [-0.1, -0.05) is 0 Å². The third-order valence-corrected chi connectivity index (χ3v) is 9.03. The molecule has 42 heteroatoms. The Bertz CT molecular complexity index is 1530. The van der Waals surface area contributed by atoms with Crippen molar-refractivity contribution in [2.24, 2.45) is 0 Å². The van der Waals surface area contributed by atoms with Crippen molar-refractivity contribution in [2.75, 3.05) is 60.0 Å². The summed E-state index contributed by atoms with van der Waals surface area (Å²) in [5.74, 6) is -1.99. The van der Waals surface area contributed by atoms with Crippen LogP contribution in [0.15, 0.2) is 0 Å². The minimum absolute atomic E-state index is 0.0936. The molecule has 0 heterocycles. The molecule has 0 rings (SSSR count). The first kappa shape index (κ1) is 83.6. The zero-order valence-electron chi connectivity index (χ0n) is 39.6. The highest BCUT2D eigenvalue weighted by Crippen LogP contribution is 2.36. The van der Waals surface area contributed by atoms with Crippen molar-refractivity contribution in [2.45, 2.75) is 144 Å². The van der Waals surface area contributed by atoms with E-state index in [0.29, 0.717) is 0 Å². The van der Waals surface area contributed by atoms with Crippen LogP contribution in [0.2, 0.25) is 0 Å². The van der Waals surface area contributed by atoms with Crippen LogP contribution >= 0.6 is 33.0 Å². The van der Waals surface area contributed by atoms with Gasteiger partial charge in [-0.25, -0.2) is 4.21 Å². The quantitative estimate of drug-likeness (QED) is 0.0244. The molecule has 0 aliphatic carbocycles. The molecule has 77 heavy (non-hydrogen) atoms. The average Bonchev–Trinajstić information content (AvgIpc) is 3.24. The van der Waals surface area contributed by atoms with Crippen molar-refractivity contribution in [3.63, 3.8) is 0 Å². The number of rotatable bonds is 27. The zero-order valence-corrected chi connectivity index (χ0v) is 42.7. The number of amides is 1. The van der Waals surface area contributed by atoms with E-state index in [1.54, 1.807) is 7.05 Å².